The van der Waals surface area contributed by atoms with Gasteiger partial charge in [-0.2, -0.15) is 0 Å². The Morgan fingerprint density at radius 2 is 2.15 bits per heavy atom. The fourth-order valence-electron chi connectivity index (χ4n) is 3.65. The molecule has 1 heterocycles. The number of carbonyl (C=O) groups excluding carboxylic acids is 2. The molecule has 2 fully saturated rings. The van der Waals surface area contributed by atoms with Gasteiger partial charge in [0.25, 0.3) is 0 Å². The number of esters is 2. The molecule has 0 spiro atoms. The number of fused-ring (bicyclic) bond motifs is 2. The van der Waals surface area contributed by atoms with Crippen molar-refractivity contribution in [2.75, 3.05) is 0 Å². The van der Waals surface area contributed by atoms with Gasteiger partial charge < -0.3 is 9.47 Å². The van der Waals surface area contributed by atoms with Gasteiger partial charge in [-0.3, -0.25) is 9.59 Å². The van der Waals surface area contributed by atoms with Crippen LogP contribution in [0.5, 0.6) is 0 Å². The van der Waals surface area contributed by atoms with Crippen LogP contribution in [-0.4, -0.2) is 23.6 Å². The zero-order valence-electron chi connectivity index (χ0n) is 12.1. The molecular formula is C16H22O4. The van der Waals surface area contributed by atoms with Crippen molar-refractivity contribution in [1.82, 2.24) is 0 Å². The summed E-state index contributed by atoms with van der Waals surface area (Å²) < 4.78 is 11.1. The lowest BCUT2D eigenvalue weighted by atomic mass is 9.91. The zero-order valence-corrected chi connectivity index (χ0v) is 12.1. The third-order valence-corrected chi connectivity index (χ3v) is 4.84. The Hall–Kier alpha value is -1.32. The van der Waals surface area contributed by atoms with Crippen LogP contribution in [0.3, 0.4) is 0 Å². The van der Waals surface area contributed by atoms with E-state index in [0.29, 0.717) is 18.3 Å². The van der Waals surface area contributed by atoms with E-state index in [9.17, 15) is 9.59 Å². The van der Waals surface area contributed by atoms with Crippen molar-refractivity contribution < 1.29 is 19.1 Å². The highest BCUT2D eigenvalue weighted by atomic mass is 16.6. The van der Waals surface area contributed by atoms with Gasteiger partial charge in [0.2, 0.25) is 0 Å². The quantitative estimate of drug-likeness (QED) is 0.588. The lowest BCUT2D eigenvalue weighted by Gasteiger charge is -2.36. The van der Waals surface area contributed by atoms with Gasteiger partial charge in [0.15, 0.2) is 0 Å². The minimum atomic E-state index is -0.737. The Morgan fingerprint density at radius 1 is 1.35 bits per heavy atom. The molecule has 0 amide bonds. The molecule has 0 N–H and O–H groups in total. The van der Waals surface area contributed by atoms with Crippen molar-refractivity contribution in [3.8, 4) is 0 Å². The predicted molar refractivity (Wildman–Crippen MR) is 72.7 cm³/mol. The molecule has 0 aromatic rings. The van der Waals surface area contributed by atoms with Crippen LogP contribution in [0.4, 0.5) is 0 Å². The van der Waals surface area contributed by atoms with E-state index in [1.165, 1.54) is 0 Å². The second kappa shape index (κ2) is 4.90. The van der Waals surface area contributed by atoms with Crippen LogP contribution in [0.25, 0.3) is 0 Å². The molecule has 4 heteroatoms. The van der Waals surface area contributed by atoms with Crippen molar-refractivity contribution in [2.45, 2.75) is 57.7 Å². The highest BCUT2D eigenvalue weighted by molar-refractivity contribution is 5.75. The number of carbonyl (C=O) groups is 2. The molecule has 20 heavy (non-hydrogen) atoms. The molecule has 2 bridgehead atoms. The van der Waals surface area contributed by atoms with Crippen LogP contribution in [-0.2, 0) is 19.1 Å². The Morgan fingerprint density at radius 3 is 2.75 bits per heavy atom. The van der Waals surface area contributed by atoms with Crippen LogP contribution in [0, 0.1) is 17.8 Å². The molecule has 0 aromatic heterocycles. The molecule has 0 aromatic carbocycles. The number of allylic oxidation sites excluding steroid dienone is 2. The lowest BCUT2D eigenvalue weighted by molar-refractivity contribution is -0.189. The summed E-state index contributed by atoms with van der Waals surface area (Å²) in [4.78, 5) is 23.8. The van der Waals surface area contributed by atoms with Crippen LogP contribution < -0.4 is 0 Å². The molecule has 4 atom stereocenters. The van der Waals surface area contributed by atoms with E-state index in [1.54, 1.807) is 0 Å². The Labute approximate surface area is 119 Å². The summed E-state index contributed by atoms with van der Waals surface area (Å²) in [6.07, 6.45) is 8.07. The van der Waals surface area contributed by atoms with Crippen LogP contribution >= 0.6 is 0 Å². The highest BCUT2D eigenvalue weighted by Crippen LogP contribution is 2.44. The molecule has 4 unspecified atom stereocenters. The summed E-state index contributed by atoms with van der Waals surface area (Å²) in [5, 5.41) is 0. The summed E-state index contributed by atoms with van der Waals surface area (Å²) >= 11 is 0. The minimum Gasteiger partial charge on any atom is -0.458 e. The van der Waals surface area contributed by atoms with E-state index in [-0.39, 0.29) is 24.0 Å². The maximum atomic E-state index is 12.4. The second-order valence-corrected chi connectivity index (χ2v) is 6.78. The van der Waals surface area contributed by atoms with Crippen LogP contribution in [0.2, 0.25) is 0 Å². The third kappa shape index (κ3) is 2.48. The lowest BCUT2D eigenvalue weighted by Crippen LogP contribution is -2.46. The van der Waals surface area contributed by atoms with E-state index in [1.807, 2.05) is 13.8 Å². The molecule has 3 aliphatic rings. The summed E-state index contributed by atoms with van der Waals surface area (Å²) in [6.45, 7) is 3.69. The normalized spacial score (nSPS) is 36.0. The molecule has 0 radical (unpaired) electrons. The van der Waals surface area contributed by atoms with Gasteiger partial charge in [0.1, 0.15) is 11.7 Å². The smallest absolute Gasteiger partial charge is 0.310 e. The number of hydrogen-bond acceptors (Lipinski definition) is 4. The second-order valence-electron chi connectivity index (χ2n) is 6.78. The average Bonchev–Trinajstić information content (AvgIpc) is 3.00. The van der Waals surface area contributed by atoms with Crippen molar-refractivity contribution in [2.24, 2.45) is 17.8 Å². The molecule has 2 aliphatic carbocycles. The van der Waals surface area contributed by atoms with E-state index < -0.39 is 5.60 Å². The first-order chi connectivity index (χ1) is 9.45. The van der Waals surface area contributed by atoms with E-state index in [2.05, 4.69) is 12.2 Å². The maximum absolute atomic E-state index is 12.4. The first-order valence-electron chi connectivity index (χ1n) is 7.56. The average molecular weight is 278 g/mol. The number of rotatable bonds is 3. The van der Waals surface area contributed by atoms with E-state index >= 15 is 0 Å². The van der Waals surface area contributed by atoms with Gasteiger partial charge in [-0.15, -0.1) is 0 Å². The SMILES string of the molecule is CC(C)(OC(=O)C1CC2C=CC1C2)C1CCCC(=O)O1. The van der Waals surface area contributed by atoms with Crippen molar-refractivity contribution in [1.29, 1.82) is 0 Å². The van der Waals surface area contributed by atoms with Gasteiger partial charge in [0, 0.05) is 6.42 Å². The number of hydrogen-bond donors (Lipinski definition) is 0. The first-order valence-corrected chi connectivity index (χ1v) is 7.56. The molecule has 3 rings (SSSR count). The Bertz CT molecular complexity index is 451. The summed E-state index contributed by atoms with van der Waals surface area (Å²) in [6, 6.07) is 0. The maximum Gasteiger partial charge on any atom is 0.310 e. The van der Waals surface area contributed by atoms with Crippen molar-refractivity contribution >= 4 is 11.9 Å². The summed E-state index contributed by atoms with van der Waals surface area (Å²) in [5.41, 5.74) is -0.737. The molecule has 1 aliphatic heterocycles. The van der Waals surface area contributed by atoms with Gasteiger partial charge in [-0.1, -0.05) is 12.2 Å². The Kier molecular flexibility index (Phi) is 3.35. The molecule has 1 saturated heterocycles. The number of cyclic esters (lactones) is 1. The first kappa shape index (κ1) is 13.7. The van der Waals surface area contributed by atoms with Crippen LogP contribution in [0.1, 0.15) is 46.0 Å². The summed E-state index contributed by atoms with van der Waals surface area (Å²) in [5.74, 6) is 0.565. The molecule has 1 saturated carbocycles. The monoisotopic (exact) mass is 278 g/mol. The van der Waals surface area contributed by atoms with Gasteiger partial charge in [0.05, 0.1) is 5.92 Å². The number of ether oxygens (including phenoxy) is 2. The zero-order chi connectivity index (χ0) is 14.3. The predicted octanol–water partition coefficient (Wildman–Crippen LogP) is 2.62. The van der Waals surface area contributed by atoms with Gasteiger partial charge in [-0.25, -0.2) is 0 Å². The van der Waals surface area contributed by atoms with Crippen molar-refractivity contribution in [3.63, 3.8) is 0 Å². The van der Waals surface area contributed by atoms with E-state index in [0.717, 1.165) is 25.7 Å². The van der Waals surface area contributed by atoms with Gasteiger partial charge in [-0.05, 0) is 51.4 Å². The largest absolute Gasteiger partial charge is 0.458 e. The fraction of sp³-hybridized carbons (Fsp3) is 0.750. The standard InChI is InChI=1S/C16H22O4/c1-16(2,13-4-3-5-14(17)19-13)20-15(18)12-9-10-6-7-11(12)8-10/h6-7,10-13H,3-5,8-9H2,1-2H3. The van der Waals surface area contributed by atoms with Crippen LogP contribution in [0.15, 0.2) is 12.2 Å². The molecule has 110 valence electrons. The van der Waals surface area contributed by atoms with Crippen molar-refractivity contribution in [3.05, 3.63) is 12.2 Å². The fourth-order valence-corrected chi connectivity index (χ4v) is 3.65. The highest BCUT2D eigenvalue weighted by Gasteiger charge is 2.44. The summed E-state index contributed by atoms with van der Waals surface area (Å²) in [7, 11) is 0. The third-order valence-electron chi connectivity index (χ3n) is 4.84. The topological polar surface area (TPSA) is 52.6 Å². The minimum absolute atomic E-state index is 0.0106. The van der Waals surface area contributed by atoms with E-state index in [4.69, 9.17) is 9.47 Å². The van der Waals surface area contributed by atoms with Gasteiger partial charge >= 0.3 is 11.9 Å². The Balaban J connectivity index is 1.62. The molecular weight excluding hydrogens is 256 g/mol. The molecule has 4 nitrogen and oxygen atoms in total.